The number of anilines is 1. The summed E-state index contributed by atoms with van der Waals surface area (Å²) in [5, 5.41) is 26.7. The number of nitro groups is 1. The number of nitriles is 1. The molecule has 0 fully saturated rings. The topological polar surface area (TPSA) is 79.0 Å². The molecule has 0 radical (unpaired) electrons. The summed E-state index contributed by atoms with van der Waals surface area (Å²) in [7, 11) is 0. The van der Waals surface area contributed by atoms with E-state index in [0.717, 1.165) is 5.56 Å². The predicted octanol–water partition coefficient (Wildman–Crippen LogP) is 3.14. The number of nitrogens with zero attached hydrogens (tertiary/aromatic N) is 2. The van der Waals surface area contributed by atoms with Crippen molar-refractivity contribution in [1.82, 2.24) is 0 Å². The Morgan fingerprint density at radius 2 is 2.28 bits per heavy atom. The first-order chi connectivity index (χ1) is 8.72. The lowest BCUT2D eigenvalue weighted by Crippen LogP contribution is -2.03. The highest BCUT2D eigenvalue weighted by atomic mass is 32.1. The van der Waals surface area contributed by atoms with Gasteiger partial charge in [-0.05, 0) is 34.5 Å². The molecule has 90 valence electrons. The van der Waals surface area contributed by atoms with Crippen molar-refractivity contribution in [3.8, 4) is 6.07 Å². The minimum absolute atomic E-state index is 0.0651. The molecule has 5 nitrogen and oxygen atoms in total. The van der Waals surface area contributed by atoms with Crippen LogP contribution in [-0.4, -0.2) is 4.92 Å². The Morgan fingerprint density at radius 1 is 1.44 bits per heavy atom. The van der Waals surface area contributed by atoms with Gasteiger partial charge in [-0.1, -0.05) is 6.07 Å². The second kappa shape index (κ2) is 5.29. The minimum atomic E-state index is -0.533. The normalized spacial score (nSPS) is 9.72. The van der Waals surface area contributed by atoms with Crippen LogP contribution in [0, 0.1) is 21.4 Å². The number of thiophene rings is 1. The summed E-state index contributed by atoms with van der Waals surface area (Å²) >= 11 is 1.57. The molecule has 6 heteroatoms. The zero-order chi connectivity index (χ0) is 13.0. The monoisotopic (exact) mass is 259 g/mol. The molecule has 0 saturated carbocycles. The van der Waals surface area contributed by atoms with E-state index in [1.165, 1.54) is 6.07 Å². The van der Waals surface area contributed by atoms with Gasteiger partial charge in [0.25, 0.3) is 0 Å². The van der Waals surface area contributed by atoms with Gasteiger partial charge in [0.2, 0.25) is 0 Å². The van der Waals surface area contributed by atoms with Crippen LogP contribution in [0.5, 0.6) is 0 Å². The highest BCUT2D eigenvalue weighted by molar-refractivity contribution is 7.07. The fraction of sp³-hybridized carbons (Fsp3) is 0.0833. The van der Waals surface area contributed by atoms with Gasteiger partial charge in [-0.3, -0.25) is 10.1 Å². The fourth-order valence-electron chi connectivity index (χ4n) is 1.56. The lowest BCUT2D eigenvalue weighted by Gasteiger charge is -2.06. The Hall–Kier alpha value is -2.39. The van der Waals surface area contributed by atoms with Gasteiger partial charge in [-0.15, -0.1) is 0 Å². The summed E-state index contributed by atoms with van der Waals surface area (Å²) in [5.41, 5.74) is 1.31. The standard InChI is InChI=1S/C12H9N3O2S/c13-6-10-2-1-3-11(12(10)15(16)17)14-7-9-4-5-18-8-9/h1-5,8,14H,7H2. The van der Waals surface area contributed by atoms with Crippen LogP contribution in [0.25, 0.3) is 0 Å². The number of benzene rings is 1. The predicted molar refractivity (Wildman–Crippen MR) is 69.5 cm³/mol. The molecule has 18 heavy (non-hydrogen) atoms. The van der Waals surface area contributed by atoms with Crippen LogP contribution < -0.4 is 5.32 Å². The highest BCUT2D eigenvalue weighted by Crippen LogP contribution is 2.28. The summed E-state index contributed by atoms with van der Waals surface area (Å²) in [5.74, 6) is 0. The van der Waals surface area contributed by atoms with Crippen molar-refractivity contribution < 1.29 is 4.92 Å². The lowest BCUT2D eigenvalue weighted by atomic mass is 10.1. The Morgan fingerprint density at radius 3 is 2.89 bits per heavy atom. The molecule has 0 unspecified atom stereocenters. The molecule has 1 aromatic carbocycles. The van der Waals surface area contributed by atoms with Gasteiger partial charge in [-0.25, -0.2) is 0 Å². The van der Waals surface area contributed by atoms with Crippen molar-refractivity contribution in [2.75, 3.05) is 5.32 Å². The first kappa shape index (κ1) is 12.1. The number of hydrogen-bond acceptors (Lipinski definition) is 5. The molecule has 0 aliphatic carbocycles. The first-order valence-corrected chi connectivity index (χ1v) is 6.09. The molecule has 2 rings (SSSR count). The Kier molecular flexibility index (Phi) is 3.55. The van der Waals surface area contributed by atoms with Gasteiger partial charge in [0, 0.05) is 6.54 Å². The van der Waals surface area contributed by atoms with Crippen molar-refractivity contribution >= 4 is 22.7 Å². The SMILES string of the molecule is N#Cc1cccc(NCc2ccsc2)c1[N+](=O)[O-]. The van der Waals surface area contributed by atoms with E-state index in [2.05, 4.69) is 5.32 Å². The molecule has 0 saturated heterocycles. The molecule has 2 aromatic rings. The highest BCUT2D eigenvalue weighted by Gasteiger charge is 2.19. The van der Waals surface area contributed by atoms with E-state index in [9.17, 15) is 10.1 Å². The first-order valence-electron chi connectivity index (χ1n) is 5.15. The zero-order valence-electron chi connectivity index (χ0n) is 9.29. The second-order valence-corrected chi connectivity index (χ2v) is 4.34. The van der Waals surface area contributed by atoms with Crippen LogP contribution in [0.1, 0.15) is 11.1 Å². The average Bonchev–Trinajstić information content (AvgIpc) is 2.88. The summed E-state index contributed by atoms with van der Waals surface area (Å²) in [6.07, 6.45) is 0. The molecule has 1 aromatic heterocycles. The number of hydrogen-bond donors (Lipinski definition) is 1. The summed E-state index contributed by atoms with van der Waals surface area (Å²) < 4.78 is 0. The molecular formula is C12H9N3O2S. The minimum Gasteiger partial charge on any atom is -0.375 e. The molecule has 0 amide bonds. The molecule has 0 aliphatic rings. The number of rotatable bonds is 4. The maximum absolute atomic E-state index is 11.0. The van der Waals surface area contributed by atoms with Crippen molar-refractivity contribution in [1.29, 1.82) is 5.26 Å². The quantitative estimate of drug-likeness (QED) is 0.675. The van der Waals surface area contributed by atoms with E-state index in [1.54, 1.807) is 23.5 Å². The summed E-state index contributed by atoms with van der Waals surface area (Å²) in [6.45, 7) is 0.499. The lowest BCUT2D eigenvalue weighted by molar-refractivity contribution is -0.384. The van der Waals surface area contributed by atoms with E-state index in [4.69, 9.17) is 5.26 Å². The van der Waals surface area contributed by atoms with E-state index in [1.807, 2.05) is 22.9 Å². The summed E-state index contributed by atoms with van der Waals surface area (Å²) in [4.78, 5) is 10.4. The van der Waals surface area contributed by atoms with Gasteiger partial charge in [0.05, 0.1) is 4.92 Å². The van der Waals surface area contributed by atoms with Crippen LogP contribution in [0.15, 0.2) is 35.0 Å². The van der Waals surface area contributed by atoms with Crippen molar-refractivity contribution in [2.45, 2.75) is 6.54 Å². The van der Waals surface area contributed by atoms with Crippen molar-refractivity contribution in [3.63, 3.8) is 0 Å². The summed E-state index contributed by atoms with van der Waals surface area (Å²) in [6, 6.07) is 8.44. The second-order valence-electron chi connectivity index (χ2n) is 3.56. The molecule has 1 N–H and O–H groups in total. The molecule has 0 atom stereocenters. The van der Waals surface area contributed by atoms with Crippen LogP contribution in [0.3, 0.4) is 0 Å². The van der Waals surface area contributed by atoms with Gasteiger partial charge < -0.3 is 5.32 Å². The molecule has 0 aliphatic heterocycles. The molecule has 0 bridgehead atoms. The van der Waals surface area contributed by atoms with Crippen LogP contribution >= 0.6 is 11.3 Å². The Balaban J connectivity index is 2.27. The number of para-hydroxylation sites is 1. The molecule has 0 spiro atoms. The van der Waals surface area contributed by atoms with Gasteiger partial charge in [0.1, 0.15) is 17.3 Å². The smallest absolute Gasteiger partial charge is 0.309 e. The van der Waals surface area contributed by atoms with E-state index < -0.39 is 4.92 Å². The Bertz CT molecular complexity index is 602. The van der Waals surface area contributed by atoms with Crippen LogP contribution in [0.2, 0.25) is 0 Å². The van der Waals surface area contributed by atoms with Gasteiger partial charge in [-0.2, -0.15) is 16.6 Å². The largest absolute Gasteiger partial charge is 0.375 e. The third-order valence-corrected chi connectivity index (χ3v) is 3.13. The number of nitro benzene ring substituents is 1. The van der Waals surface area contributed by atoms with Crippen molar-refractivity contribution in [2.24, 2.45) is 0 Å². The maximum Gasteiger partial charge on any atom is 0.309 e. The molecule has 1 heterocycles. The van der Waals surface area contributed by atoms with Gasteiger partial charge >= 0.3 is 5.69 Å². The number of nitrogens with one attached hydrogen (secondary N) is 1. The average molecular weight is 259 g/mol. The fourth-order valence-corrected chi connectivity index (χ4v) is 2.23. The Labute approximate surface area is 107 Å². The van der Waals surface area contributed by atoms with Crippen LogP contribution in [-0.2, 0) is 6.54 Å². The van der Waals surface area contributed by atoms with E-state index >= 15 is 0 Å². The van der Waals surface area contributed by atoms with Gasteiger partial charge in [0.15, 0.2) is 0 Å². The van der Waals surface area contributed by atoms with Crippen LogP contribution in [0.4, 0.5) is 11.4 Å². The van der Waals surface area contributed by atoms with E-state index in [0.29, 0.717) is 12.2 Å². The van der Waals surface area contributed by atoms with Crippen molar-refractivity contribution in [3.05, 3.63) is 56.3 Å². The zero-order valence-corrected chi connectivity index (χ0v) is 10.1. The maximum atomic E-state index is 11.0. The third kappa shape index (κ3) is 2.47. The third-order valence-electron chi connectivity index (χ3n) is 2.40. The molecular weight excluding hydrogens is 250 g/mol. The van der Waals surface area contributed by atoms with E-state index in [-0.39, 0.29) is 11.3 Å².